The van der Waals surface area contributed by atoms with E-state index in [4.69, 9.17) is 23.2 Å². The number of rotatable bonds is 3. The van der Waals surface area contributed by atoms with Crippen LogP contribution in [-0.2, 0) is 0 Å². The average molecular weight is 301 g/mol. The molecule has 1 aliphatic rings. The number of nitrogens with zero attached hydrogens (tertiary/aromatic N) is 2. The van der Waals surface area contributed by atoms with Crippen LogP contribution in [0.4, 0.5) is 4.39 Å². The van der Waals surface area contributed by atoms with Gasteiger partial charge < -0.3 is 4.57 Å². The third-order valence-corrected chi connectivity index (χ3v) is 4.31. The smallest absolute Gasteiger partial charge is 0.144 e. The maximum atomic E-state index is 13.5. The van der Waals surface area contributed by atoms with Crippen molar-refractivity contribution in [3.05, 3.63) is 28.8 Å². The van der Waals surface area contributed by atoms with Gasteiger partial charge in [-0.15, -0.1) is 11.6 Å². The summed E-state index contributed by atoms with van der Waals surface area (Å²) in [5.41, 5.74) is 1.49. The van der Waals surface area contributed by atoms with Crippen molar-refractivity contribution in [3.63, 3.8) is 0 Å². The van der Waals surface area contributed by atoms with Gasteiger partial charge in [0.25, 0.3) is 0 Å². The maximum absolute atomic E-state index is 13.5. The molecule has 2 atom stereocenters. The van der Waals surface area contributed by atoms with Crippen LogP contribution < -0.4 is 0 Å². The molecule has 0 bridgehead atoms. The summed E-state index contributed by atoms with van der Waals surface area (Å²) in [7, 11) is 0. The Kier molecular flexibility index (Phi) is 3.22. The van der Waals surface area contributed by atoms with E-state index >= 15 is 0 Å². The van der Waals surface area contributed by atoms with E-state index in [9.17, 15) is 4.39 Å². The molecule has 0 saturated heterocycles. The first-order valence-corrected chi connectivity index (χ1v) is 7.31. The summed E-state index contributed by atoms with van der Waals surface area (Å²) < 4.78 is 15.7. The first kappa shape index (κ1) is 13.2. The molecule has 1 aliphatic carbocycles. The minimum absolute atomic E-state index is 0.130. The number of hydrogen-bond acceptors (Lipinski definition) is 1. The van der Waals surface area contributed by atoms with Gasteiger partial charge in [-0.3, -0.25) is 0 Å². The van der Waals surface area contributed by atoms with Crippen molar-refractivity contribution in [2.75, 3.05) is 0 Å². The van der Waals surface area contributed by atoms with Crippen molar-refractivity contribution < 1.29 is 4.39 Å². The molecule has 1 aromatic carbocycles. The Morgan fingerprint density at radius 1 is 1.37 bits per heavy atom. The van der Waals surface area contributed by atoms with Crippen LogP contribution in [0.5, 0.6) is 0 Å². The highest BCUT2D eigenvalue weighted by molar-refractivity contribution is 6.31. The molecule has 1 heterocycles. The Morgan fingerprint density at radius 2 is 2.05 bits per heavy atom. The van der Waals surface area contributed by atoms with Crippen LogP contribution in [0.1, 0.15) is 43.9 Å². The predicted octanol–water partition coefficient (Wildman–Crippen LogP) is 5.10. The fraction of sp³-hybridized carbons (Fsp3) is 0.500. The Morgan fingerprint density at radius 3 is 2.63 bits per heavy atom. The third-order valence-electron chi connectivity index (χ3n) is 3.83. The van der Waals surface area contributed by atoms with Crippen LogP contribution in [-0.4, -0.2) is 9.55 Å². The molecule has 3 rings (SSSR count). The molecule has 102 valence electrons. The molecule has 0 N–H and O–H groups in total. The zero-order valence-corrected chi connectivity index (χ0v) is 12.3. The van der Waals surface area contributed by atoms with Crippen LogP contribution in [0.2, 0.25) is 5.02 Å². The second-order valence-electron chi connectivity index (χ2n) is 5.29. The molecule has 1 saturated carbocycles. The van der Waals surface area contributed by atoms with Crippen molar-refractivity contribution in [3.8, 4) is 0 Å². The van der Waals surface area contributed by atoms with E-state index in [0.29, 0.717) is 17.5 Å². The Bertz CT molecular complexity index is 632. The van der Waals surface area contributed by atoms with Crippen LogP contribution in [0.3, 0.4) is 0 Å². The maximum Gasteiger partial charge on any atom is 0.144 e. The first-order valence-electron chi connectivity index (χ1n) is 6.50. The van der Waals surface area contributed by atoms with E-state index in [1.54, 1.807) is 6.07 Å². The lowest BCUT2D eigenvalue weighted by atomic mass is 10.2. The summed E-state index contributed by atoms with van der Waals surface area (Å²) in [6.45, 7) is 4.05. The van der Waals surface area contributed by atoms with Crippen molar-refractivity contribution in [1.29, 1.82) is 0 Å². The van der Waals surface area contributed by atoms with Gasteiger partial charge in [0.15, 0.2) is 0 Å². The fourth-order valence-corrected chi connectivity index (χ4v) is 2.92. The molecule has 1 aromatic heterocycles. The van der Waals surface area contributed by atoms with E-state index < -0.39 is 5.82 Å². The zero-order chi connectivity index (χ0) is 13.7. The quantitative estimate of drug-likeness (QED) is 0.721. The summed E-state index contributed by atoms with van der Waals surface area (Å²) in [6.07, 6.45) is 2.46. The Labute approximate surface area is 121 Å². The van der Waals surface area contributed by atoms with E-state index in [1.165, 1.54) is 18.9 Å². The molecule has 2 nitrogen and oxygen atoms in total. The van der Waals surface area contributed by atoms with Crippen molar-refractivity contribution in [1.82, 2.24) is 9.55 Å². The molecule has 2 aromatic rings. The van der Waals surface area contributed by atoms with Gasteiger partial charge in [-0.25, -0.2) is 9.37 Å². The van der Waals surface area contributed by atoms with Gasteiger partial charge in [0, 0.05) is 12.1 Å². The number of hydrogen-bond donors (Lipinski definition) is 0. The van der Waals surface area contributed by atoms with Crippen molar-refractivity contribution >= 4 is 34.2 Å². The highest BCUT2D eigenvalue weighted by Gasteiger charge is 2.32. The van der Waals surface area contributed by atoms with Crippen molar-refractivity contribution in [2.24, 2.45) is 5.92 Å². The lowest BCUT2D eigenvalue weighted by Gasteiger charge is -2.18. The largest absolute Gasteiger partial charge is 0.324 e. The number of alkyl halides is 1. The highest BCUT2D eigenvalue weighted by atomic mass is 35.5. The van der Waals surface area contributed by atoms with Gasteiger partial charge in [0.05, 0.1) is 21.4 Å². The van der Waals surface area contributed by atoms with E-state index in [-0.39, 0.29) is 10.4 Å². The van der Waals surface area contributed by atoms with Gasteiger partial charge >= 0.3 is 0 Å². The number of imidazole rings is 1. The lowest BCUT2D eigenvalue weighted by Crippen LogP contribution is -2.11. The van der Waals surface area contributed by atoms with Gasteiger partial charge in [-0.1, -0.05) is 11.6 Å². The number of fused-ring (bicyclic) bond motifs is 1. The molecule has 0 radical (unpaired) electrons. The van der Waals surface area contributed by atoms with Crippen LogP contribution in [0.15, 0.2) is 12.1 Å². The summed E-state index contributed by atoms with van der Waals surface area (Å²) in [5, 5.41) is -0.0825. The van der Waals surface area contributed by atoms with E-state index in [1.807, 2.05) is 6.92 Å². The van der Waals surface area contributed by atoms with Crippen LogP contribution in [0.25, 0.3) is 11.0 Å². The molecule has 0 amide bonds. The van der Waals surface area contributed by atoms with Crippen molar-refractivity contribution in [2.45, 2.75) is 38.1 Å². The topological polar surface area (TPSA) is 17.8 Å². The molecule has 5 heteroatoms. The molecule has 19 heavy (non-hydrogen) atoms. The SMILES string of the molecule is CC(Cl)c1nc2cc(F)c(Cl)cc2n1C(C)C1CC1. The predicted molar refractivity (Wildman–Crippen MR) is 76.4 cm³/mol. The van der Waals surface area contributed by atoms with Crippen LogP contribution in [0, 0.1) is 11.7 Å². The molecular formula is C14H15Cl2FN2. The Balaban J connectivity index is 2.25. The van der Waals surface area contributed by atoms with Gasteiger partial charge in [0.1, 0.15) is 11.6 Å². The molecule has 2 unspecified atom stereocenters. The average Bonchev–Trinajstić information content (AvgIpc) is 3.12. The second kappa shape index (κ2) is 4.64. The zero-order valence-electron chi connectivity index (χ0n) is 10.8. The fourth-order valence-electron chi connectivity index (χ4n) is 2.61. The minimum atomic E-state index is -0.438. The Hall–Kier alpha value is -0.800. The number of halogens is 3. The third kappa shape index (κ3) is 2.23. The second-order valence-corrected chi connectivity index (χ2v) is 6.35. The molecule has 1 fully saturated rings. The summed E-state index contributed by atoms with van der Waals surface area (Å²) in [5.74, 6) is 1.01. The highest BCUT2D eigenvalue weighted by Crippen LogP contribution is 2.42. The normalized spacial score (nSPS) is 18.8. The summed E-state index contributed by atoms with van der Waals surface area (Å²) in [6, 6.07) is 3.36. The first-order chi connectivity index (χ1) is 8.99. The van der Waals surface area contributed by atoms with Gasteiger partial charge in [0.2, 0.25) is 0 Å². The number of benzene rings is 1. The van der Waals surface area contributed by atoms with E-state index in [0.717, 1.165) is 11.3 Å². The minimum Gasteiger partial charge on any atom is -0.324 e. The standard InChI is InChI=1S/C14H15Cl2FN2/c1-7(15)14-18-12-6-11(17)10(16)5-13(12)19(14)8(2)9-3-4-9/h5-9H,3-4H2,1-2H3. The molecule has 0 spiro atoms. The lowest BCUT2D eigenvalue weighted by molar-refractivity contribution is 0.479. The summed E-state index contributed by atoms with van der Waals surface area (Å²) in [4.78, 5) is 4.48. The molecule has 0 aliphatic heterocycles. The van der Waals surface area contributed by atoms with Crippen LogP contribution >= 0.6 is 23.2 Å². The van der Waals surface area contributed by atoms with Gasteiger partial charge in [-0.2, -0.15) is 0 Å². The van der Waals surface area contributed by atoms with Gasteiger partial charge in [-0.05, 0) is 38.7 Å². The van der Waals surface area contributed by atoms with E-state index in [2.05, 4.69) is 16.5 Å². The summed E-state index contributed by atoms with van der Waals surface area (Å²) >= 11 is 12.1. The number of aromatic nitrogens is 2. The molecular weight excluding hydrogens is 286 g/mol. The monoisotopic (exact) mass is 300 g/mol.